The zero-order valence-electron chi connectivity index (χ0n) is 4.60. The molecule has 1 nitrogen and oxygen atoms in total. The van der Waals surface area contributed by atoms with E-state index in [0.29, 0.717) is 0 Å². The van der Waals surface area contributed by atoms with Crippen molar-refractivity contribution in [2.45, 2.75) is 12.3 Å². The van der Waals surface area contributed by atoms with Crippen LogP contribution in [0.15, 0.2) is 22.8 Å². The molecule has 2 heteroatoms. The third kappa shape index (κ3) is 1.04. The highest BCUT2D eigenvalue weighted by atomic mass is 35.5. The molecule has 0 saturated carbocycles. The van der Waals surface area contributed by atoms with Crippen molar-refractivity contribution in [2.75, 3.05) is 0 Å². The second kappa shape index (κ2) is 2.23. The maximum absolute atomic E-state index is 5.65. The predicted octanol–water partition coefficient (Wildman–Crippen LogP) is 2.58. The molecule has 0 fully saturated rings. The SMILES string of the molecule is CC(Cl)c1ccco1. The number of halogens is 1. The van der Waals surface area contributed by atoms with E-state index in [0.717, 1.165) is 5.76 Å². The lowest BCUT2D eigenvalue weighted by atomic mass is 10.4. The van der Waals surface area contributed by atoms with Gasteiger partial charge in [0, 0.05) is 0 Å². The molecule has 1 rings (SSSR count). The Morgan fingerprint density at radius 3 is 2.75 bits per heavy atom. The van der Waals surface area contributed by atoms with Crippen LogP contribution in [0.25, 0.3) is 0 Å². The van der Waals surface area contributed by atoms with E-state index in [1.165, 1.54) is 0 Å². The monoisotopic (exact) mass is 130 g/mol. The van der Waals surface area contributed by atoms with Crippen LogP contribution in [-0.4, -0.2) is 0 Å². The Morgan fingerprint density at radius 1 is 1.75 bits per heavy atom. The molecule has 1 aromatic heterocycles. The van der Waals surface area contributed by atoms with Gasteiger partial charge in [-0.05, 0) is 19.1 Å². The Kier molecular flexibility index (Phi) is 1.59. The Morgan fingerprint density at radius 2 is 2.50 bits per heavy atom. The van der Waals surface area contributed by atoms with E-state index in [9.17, 15) is 0 Å². The molecule has 0 aliphatic carbocycles. The van der Waals surface area contributed by atoms with Gasteiger partial charge in [0.2, 0.25) is 0 Å². The highest BCUT2D eigenvalue weighted by Crippen LogP contribution is 2.18. The van der Waals surface area contributed by atoms with Crippen molar-refractivity contribution < 1.29 is 4.42 Å². The van der Waals surface area contributed by atoms with Crippen LogP contribution in [-0.2, 0) is 0 Å². The molecule has 1 atom stereocenters. The van der Waals surface area contributed by atoms with Crippen LogP contribution < -0.4 is 0 Å². The first kappa shape index (κ1) is 5.70. The van der Waals surface area contributed by atoms with Gasteiger partial charge in [-0.2, -0.15) is 0 Å². The maximum atomic E-state index is 5.65. The summed E-state index contributed by atoms with van der Waals surface area (Å²) in [7, 11) is 0. The van der Waals surface area contributed by atoms with Crippen molar-refractivity contribution in [2.24, 2.45) is 0 Å². The summed E-state index contributed by atoms with van der Waals surface area (Å²) in [4.78, 5) is 0. The number of furan rings is 1. The summed E-state index contributed by atoms with van der Waals surface area (Å²) in [6, 6.07) is 3.69. The first-order chi connectivity index (χ1) is 3.80. The van der Waals surface area contributed by atoms with Gasteiger partial charge in [0.05, 0.1) is 11.6 Å². The third-order valence-corrected chi connectivity index (χ3v) is 1.15. The molecule has 0 aliphatic rings. The first-order valence-corrected chi connectivity index (χ1v) is 2.92. The van der Waals surface area contributed by atoms with Gasteiger partial charge >= 0.3 is 0 Å². The average Bonchev–Trinajstić information content (AvgIpc) is 2.12. The van der Waals surface area contributed by atoms with Gasteiger partial charge in [-0.25, -0.2) is 0 Å². The van der Waals surface area contributed by atoms with E-state index >= 15 is 0 Å². The zero-order valence-corrected chi connectivity index (χ0v) is 5.35. The van der Waals surface area contributed by atoms with E-state index in [1.54, 1.807) is 6.26 Å². The Hall–Kier alpha value is -0.430. The summed E-state index contributed by atoms with van der Waals surface area (Å²) in [5.41, 5.74) is 0. The van der Waals surface area contributed by atoms with Crippen molar-refractivity contribution in [1.29, 1.82) is 0 Å². The fraction of sp³-hybridized carbons (Fsp3) is 0.333. The molecule has 0 aromatic carbocycles. The minimum Gasteiger partial charge on any atom is -0.468 e. The van der Waals surface area contributed by atoms with Crippen molar-refractivity contribution in [3.05, 3.63) is 24.2 Å². The van der Waals surface area contributed by atoms with E-state index in [2.05, 4.69) is 0 Å². The van der Waals surface area contributed by atoms with Gasteiger partial charge in [0.15, 0.2) is 0 Å². The fourth-order valence-electron chi connectivity index (χ4n) is 0.518. The standard InChI is InChI=1S/C6H7ClO/c1-5(7)6-3-2-4-8-6/h2-5H,1H3. The minimum atomic E-state index is -0.00926. The Balaban J connectivity index is 2.77. The quantitative estimate of drug-likeness (QED) is 0.533. The molecular formula is C6H7ClO. The van der Waals surface area contributed by atoms with Crippen LogP contribution >= 0.6 is 11.6 Å². The average molecular weight is 131 g/mol. The smallest absolute Gasteiger partial charge is 0.121 e. The van der Waals surface area contributed by atoms with Crippen LogP contribution in [0.4, 0.5) is 0 Å². The highest BCUT2D eigenvalue weighted by Gasteiger charge is 2.00. The molecule has 0 spiro atoms. The molecule has 0 saturated heterocycles. The molecule has 44 valence electrons. The summed E-state index contributed by atoms with van der Waals surface area (Å²) in [6.07, 6.45) is 1.62. The summed E-state index contributed by atoms with van der Waals surface area (Å²) >= 11 is 5.65. The van der Waals surface area contributed by atoms with Gasteiger partial charge in [-0.1, -0.05) is 0 Å². The van der Waals surface area contributed by atoms with Gasteiger partial charge < -0.3 is 4.42 Å². The summed E-state index contributed by atoms with van der Waals surface area (Å²) < 4.78 is 4.96. The second-order valence-corrected chi connectivity index (χ2v) is 2.29. The number of hydrogen-bond acceptors (Lipinski definition) is 1. The van der Waals surface area contributed by atoms with E-state index in [-0.39, 0.29) is 5.38 Å². The van der Waals surface area contributed by atoms with Crippen LogP contribution in [0, 0.1) is 0 Å². The first-order valence-electron chi connectivity index (χ1n) is 2.48. The number of rotatable bonds is 1. The van der Waals surface area contributed by atoms with Crippen LogP contribution in [0.1, 0.15) is 18.1 Å². The molecule has 1 aromatic rings. The predicted molar refractivity (Wildman–Crippen MR) is 33.0 cm³/mol. The summed E-state index contributed by atoms with van der Waals surface area (Å²) in [6.45, 7) is 1.88. The minimum absolute atomic E-state index is 0.00926. The van der Waals surface area contributed by atoms with Gasteiger partial charge in [0.25, 0.3) is 0 Å². The third-order valence-electron chi connectivity index (χ3n) is 0.935. The number of hydrogen-bond donors (Lipinski definition) is 0. The van der Waals surface area contributed by atoms with Gasteiger partial charge in [-0.3, -0.25) is 0 Å². The van der Waals surface area contributed by atoms with Crippen molar-refractivity contribution in [1.82, 2.24) is 0 Å². The van der Waals surface area contributed by atoms with Crippen molar-refractivity contribution in [3.63, 3.8) is 0 Å². The van der Waals surface area contributed by atoms with E-state index in [4.69, 9.17) is 16.0 Å². The normalized spacial score (nSPS) is 13.8. The van der Waals surface area contributed by atoms with Crippen LogP contribution in [0.3, 0.4) is 0 Å². The van der Waals surface area contributed by atoms with Crippen LogP contribution in [0.5, 0.6) is 0 Å². The molecule has 0 N–H and O–H groups in total. The number of alkyl halides is 1. The van der Waals surface area contributed by atoms with Crippen LogP contribution in [0.2, 0.25) is 0 Å². The summed E-state index contributed by atoms with van der Waals surface area (Å²) in [5, 5.41) is -0.00926. The van der Waals surface area contributed by atoms with Gasteiger partial charge in [-0.15, -0.1) is 11.6 Å². The molecule has 0 radical (unpaired) electrons. The molecular weight excluding hydrogens is 124 g/mol. The largest absolute Gasteiger partial charge is 0.468 e. The molecule has 0 aliphatic heterocycles. The lowest BCUT2D eigenvalue weighted by Crippen LogP contribution is -1.75. The summed E-state index contributed by atoms with van der Waals surface area (Å²) in [5.74, 6) is 0.826. The van der Waals surface area contributed by atoms with Gasteiger partial charge in [0.1, 0.15) is 5.76 Å². The topological polar surface area (TPSA) is 13.1 Å². The molecule has 1 unspecified atom stereocenters. The molecule has 8 heavy (non-hydrogen) atoms. The van der Waals surface area contributed by atoms with Crippen molar-refractivity contribution >= 4 is 11.6 Å². The fourth-order valence-corrected chi connectivity index (χ4v) is 0.642. The van der Waals surface area contributed by atoms with E-state index < -0.39 is 0 Å². The lowest BCUT2D eigenvalue weighted by molar-refractivity contribution is 0.511. The second-order valence-electron chi connectivity index (χ2n) is 1.63. The molecule has 1 heterocycles. The molecule has 0 amide bonds. The lowest BCUT2D eigenvalue weighted by Gasteiger charge is -1.92. The highest BCUT2D eigenvalue weighted by molar-refractivity contribution is 6.20. The zero-order chi connectivity index (χ0) is 5.98. The Bertz CT molecular complexity index is 144. The maximum Gasteiger partial charge on any atom is 0.121 e. The molecule has 0 bridgehead atoms. The van der Waals surface area contributed by atoms with E-state index in [1.807, 2.05) is 19.1 Å². The Labute approximate surface area is 53.3 Å². The van der Waals surface area contributed by atoms with Crippen molar-refractivity contribution in [3.8, 4) is 0 Å².